The molecule has 2 nitrogen and oxygen atoms in total. The number of nitrogens with zero attached hydrogens (tertiary/aromatic N) is 1. The van der Waals surface area contributed by atoms with Crippen LogP contribution in [-0.4, -0.2) is 19.6 Å². The molecule has 21 heavy (non-hydrogen) atoms. The first-order valence-corrected chi connectivity index (χ1v) is 8.45. The van der Waals surface area contributed by atoms with Gasteiger partial charge in [0.1, 0.15) is 0 Å². The molecule has 0 saturated heterocycles. The van der Waals surface area contributed by atoms with E-state index in [-0.39, 0.29) is 0 Å². The third kappa shape index (κ3) is 3.09. The molecule has 0 bridgehead atoms. The molecule has 110 valence electrons. The van der Waals surface area contributed by atoms with Crippen LogP contribution in [-0.2, 0) is 0 Å². The maximum atomic E-state index is 3.45. The number of hydrogen-bond donors (Lipinski definition) is 1. The highest BCUT2D eigenvalue weighted by Crippen LogP contribution is 2.47. The second-order valence-corrected chi connectivity index (χ2v) is 6.64. The number of hydrogen-bond acceptors (Lipinski definition) is 3. The van der Waals surface area contributed by atoms with Crippen LogP contribution in [0.25, 0.3) is 0 Å². The summed E-state index contributed by atoms with van der Waals surface area (Å²) < 4.78 is 0. The Kier molecular flexibility index (Phi) is 4.51. The maximum absolute atomic E-state index is 3.45. The molecule has 1 aliphatic heterocycles. The van der Waals surface area contributed by atoms with E-state index >= 15 is 0 Å². The van der Waals surface area contributed by atoms with Crippen LogP contribution in [0.1, 0.15) is 13.8 Å². The minimum atomic E-state index is 0.606. The highest BCUT2D eigenvalue weighted by atomic mass is 32.2. The van der Waals surface area contributed by atoms with Gasteiger partial charge in [0.25, 0.3) is 0 Å². The molecule has 2 aromatic carbocycles. The average molecular weight is 298 g/mol. The summed E-state index contributed by atoms with van der Waals surface area (Å²) in [6, 6.07) is 17.4. The fourth-order valence-corrected chi connectivity index (χ4v) is 3.84. The fraction of sp³-hybridized carbons (Fsp3) is 0.333. The molecule has 0 radical (unpaired) electrons. The van der Waals surface area contributed by atoms with Crippen molar-refractivity contribution in [1.82, 2.24) is 5.32 Å². The first kappa shape index (κ1) is 14.5. The van der Waals surface area contributed by atoms with Gasteiger partial charge in [-0.05, 0) is 43.3 Å². The average Bonchev–Trinajstić information content (AvgIpc) is 2.52. The molecule has 0 amide bonds. The lowest BCUT2D eigenvalue weighted by Gasteiger charge is -2.34. The topological polar surface area (TPSA) is 15.3 Å². The summed E-state index contributed by atoms with van der Waals surface area (Å²) >= 11 is 1.87. The largest absolute Gasteiger partial charge is 0.339 e. The van der Waals surface area contributed by atoms with Gasteiger partial charge in [-0.3, -0.25) is 0 Å². The van der Waals surface area contributed by atoms with Crippen LogP contribution >= 0.6 is 11.8 Å². The summed E-state index contributed by atoms with van der Waals surface area (Å²) in [6.07, 6.45) is 0. The number of para-hydroxylation sites is 2. The van der Waals surface area contributed by atoms with Gasteiger partial charge < -0.3 is 10.2 Å². The summed E-state index contributed by atoms with van der Waals surface area (Å²) in [6.45, 7) is 7.62. The van der Waals surface area contributed by atoms with E-state index in [0.717, 1.165) is 19.6 Å². The molecule has 2 aromatic rings. The molecule has 3 heteroatoms. The van der Waals surface area contributed by atoms with Gasteiger partial charge in [0, 0.05) is 16.3 Å². The number of rotatable bonds is 5. The number of benzene rings is 2. The Labute approximate surface area is 131 Å². The van der Waals surface area contributed by atoms with Gasteiger partial charge in [-0.2, -0.15) is 0 Å². The first-order valence-electron chi connectivity index (χ1n) is 7.63. The Morgan fingerprint density at radius 3 is 2.14 bits per heavy atom. The van der Waals surface area contributed by atoms with Crippen LogP contribution in [0.2, 0.25) is 0 Å². The number of fused-ring (bicyclic) bond motifs is 2. The fourth-order valence-electron chi connectivity index (χ4n) is 2.74. The molecule has 0 aromatic heterocycles. The summed E-state index contributed by atoms with van der Waals surface area (Å²) in [5, 5.41) is 3.45. The Morgan fingerprint density at radius 2 is 1.57 bits per heavy atom. The maximum Gasteiger partial charge on any atom is 0.0552 e. The van der Waals surface area contributed by atoms with E-state index in [1.807, 2.05) is 11.8 Å². The third-order valence-electron chi connectivity index (χ3n) is 3.77. The highest BCUT2D eigenvalue weighted by Gasteiger charge is 2.23. The van der Waals surface area contributed by atoms with Crippen molar-refractivity contribution in [2.24, 2.45) is 5.92 Å². The van der Waals surface area contributed by atoms with Crippen molar-refractivity contribution in [3.8, 4) is 0 Å². The molecule has 0 spiro atoms. The van der Waals surface area contributed by atoms with Crippen LogP contribution in [0.5, 0.6) is 0 Å². The van der Waals surface area contributed by atoms with Crippen molar-refractivity contribution < 1.29 is 0 Å². The van der Waals surface area contributed by atoms with Gasteiger partial charge in [-0.1, -0.05) is 49.9 Å². The van der Waals surface area contributed by atoms with Gasteiger partial charge in [0.2, 0.25) is 0 Å². The van der Waals surface area contributed by atoms with Gasteiger partial charge in [-0.15, -0.1) is 0 Å². The first-order chi connectivity index (χ1) is 10.3. The second kappa shape index (κ2) is 6.54. The Bertz CT molecular complexity index is 566. The molecular weight excluding hydrogens is 276 g/mol. The zero-order chi connectivity index (χ0) is 14.7. The molecule has 0 aliphatic carbocycles. The van der Waals surface area contributed by atoms with E-state index < -0.39 is 0 Å². The van der Waals surface area contributed by atoms with Crippen LogP contribution in [0.3, 0.4) is 0 Å². The highest BCUT2D eigenvalue weighted by molar-refractivity contribution is 7.99. The molecule has 1 N–H and O–H groups in total. The predicted molar refractivity (Wildman–Crippen MR) is 91.7 cm³/mol. The van der Waals surface area contributed by atoms with E-state index in [2.05, 4.69) is 72.6 Å². The monoisotopic (exact) mass is 298 g/mol. The smallest absolute Gasteiger partial charge is 0.0552 e. The molecule has 0 fully saturated rings. The normalized spacial score (nSPS) is 14.5. The quantitative estimate of drug-likeness (QED) is 0.872. The minimum Gasteiger partial charge on any atom is -0.339 e. The van der Waals surface area contributed by atoms with Gasteiger partial charge in [0.05, 0.1) is 11.4 Å². The number of anilines is 2. The van der Waals surface area contributed by atoms with Crippen molar-refractivity contribution in [3.05, 3.63) is 48.5 Å². The summed E-state index contributed by atoms with van der Waals surface area (Å²) in [7, 11) is 0. The molecule has 0 saturated carbocycles. The van der Waals surface area contributed by atoms with E-state index in [1.54, 1.807) is 0 Å². The van der Waals surface area contributed by atoms with Crippen molar-refractivity contribution in [2.45, 2.75) is 23.6 Å². The second-order valence-electron chi connectivity index (χ2n) is 5.56. The minimum absolute atomic E-state index is 0.606. The van der Waals surface area contributed by atoms with Crippen molar-refractivity contribution in [2.75, 3.05) is 24.5 Å². The predicted octanol–water partition coefficient (Wildman–Crippen LogP) is 4.53. The summed E-state index contributed by atoms with van der Waals surface area (Å²) in [4.78, 5) is 5.18. The molecule has 1 atom stereocenters. The summed E-state index contributed by atoms with van der Waals surface area (Å²) in [5.41, 5.74) is 2.68. The van der Waals surface area contributed by atoms with Gasteiger partial charge >= 0.3 is 0 Å². The zero-order valence-electron chi connectivity index (χ0n) is 12.7. The lowest BCUT2D eigenvalue weighted by Crippen LogP contribution is -2.31. The van der Waals surface area contributed by atoms with Gasteiger partial charge in [-0.25, -0.2) is 0 Å². The molecule has 3 rings (SSSR count). The number of nitrogens with one attached hydrogen (secondary N) is 1. The van der Waals surface area contributed by atoms with E-state index in [4.69, 9.17) is 0 Å². The van der Waals surface area contributed by atoms with E-state index in [1.165, 1.54) is 21.2 Å². The Balaban J connectivity index is 1.91. The lowest BCUT2D eigenvalue weighted by atomic mass is 10.1. The SMILES string of the molecule is CCNCC(C)CN1c2ccccc2Sc2ccccc21. The van der Waals surface area contributed by atoms with E-state index in [9.17, 15) is 0 Å². The van der Waals surface area contributed by atoms with Crippen LogP contribution < -0.4 is 10.2 Å². The Morgan fingerprint density at radius 1 is 1.00 bits per heavy atom. The molecular formula is C18H22N2S. The lowest BCUT2D eigenvalue weighted by molar-refractivity contribution is 0.527. The standard InChI is InChI=1S/C18H22N2S/c1-3-19-12-14(2)13-20-15-8-4-6-10-17(15)21-18-11-7-5-9-16(18)20/h4-11,14,19H,3,12-13H2,1-2H3. The van der Waals surface area contributed by atoms with Crippen LogP contribution in [0, 0.1) is 5.92 Å². The Hall–Kier alpha value is -1.45. The third-order valence-corrected chi connectivity index (χ3v) is 4.90. The molecule has 1 aliphatic rings. The van der Waals surface area contributed by atoms with Crippen molar-refractivity contribution in [3.63, 3.8) is 0 Å². The van der Waals surface area contributed by atoms with Crippen molar-refractivity contribution in [1.29, 1.82) is 0 Å². The zero-order valence-corrected chi connectivity index (χ0v) is 13.5. The van der Waals surface area contributed by atoms with E-state index in [0.29, 0.717) is 5.92 Å². The molecule has 1 unspecified atom stereocenters. The molecule has 1 heterocycles. The van der Waals surface area contributed by atoms with Crippen molar-refractivity contribution >= 4 is 23.1 Å². The van der Waals surface area contributed by atoms with Gasteiger partial charge in [0.15, 0.2) is 0 Å². The van der Waals surface area contributed by atoms with Crippen LogP contribution in [0.15, 0.2) is 58.3 Å². The van der Waals surface area contributed by atoms with Crippen LogP contribution in [0.4, 0.5) is 11.4 Å². The summed E-state index contributed by atoms with van der Waals surface area (Å²) in [5.74, 6) is 0.606.